The second kappa shape index (κ2) is 6.40. The topological polar surface area (TPSA) is 29.1 Å². The van der Waals surface area contributed by atoms with Crippen molar-refractivity contribution in [2.45, 2.75) is 19.4 Å². The third kappa shape index (κ3) is 4.79. The Bertz CT molecular complexity index is 330. The molecule has 0 radical (unpaired) electrons. The molecule has 15 heavy (non-hydrogen) atoms. The largest absolute Gasteiger partial charge is 0.352 e. The van der Waals surface area contributed by atoms with Gasteiger partial charge < -0.3 is 5.32 Å². The van der Waals surface area contributed by atoms with Crippen LogP contribution in [-0.2, 0) is 11.3 Å². The molecule has 1 aromatic carbocycles. The van der Waals surface area contributed by atoms with E-state index in [1.165, 1.54) is 12.1 Å². The lowest BCUT2D eigenvalue weighted by atomic mass is 10.2. The monoisotopic (exact) mass is 229 g/mol. The van der Waals surface area contributed by atoms with Gasteiger partial charge in [0, 0.05) is 18.8 Å². The lowest BCUT2D eigenvalue weighted by Gasteiger charge is -2.04. The van der Waals surface area contributed by atoms with Gasteiger partial charge in [-0.05, 0) is 24.1 Å². The highest BCUT2D eigenvalue weighted by Crippen LogP contribution is 2.03. The van der Waals surface area contributed by atoms with Crippen LogP contribution in [0.5, 0.6) is 0 Å². The number of hydrogen-bond acceptors (Lipinski definition) is 1. The second-order valence-electron chi connectivity index (χ2n) is 3.20. The van der Waals surface area contributed by atoms with Crippen molar-refractivity contribution in [1.82, 2.24) is 5.32 Å². The third-order valence-corrected chi connectivity index (χ3v) is 2.18. The van der Waals surface area contributed by atoms with Crippen molar-refractivity contribution >= 4 is 17.5 Å². The van der Waals surface area contributed by atoms with Crippen LogP contribution in [0.1, 0.15) is 18.4 Å². The predicted molar refractivity (Wildman–Crippen MR) is 58.2 cm³/mol. The number of rotatable bonds is 5. The van der Waals surface area contributed by atoms with Crippen molar-refractivity contribution in [2.75, 3.05) is 5.88 Å². The van der Waals surface area contributed by atoms with Crippen LogP contribution >= 0.6 is 11.6 Å². The Hall–Kier alpha value is -1.09. The van der Waals surface area contributed by atoms with Crippen LogP contribution in [0.15, 0.2) is 24.3 Å². The molecule has 0 unspecified atom stereocenters. The molecule has 0 aliphatic rings. The Morgan fingerprint density at radius 3 is 2.93 bits per heavy atom. The van der Waals surface area contributed by atoms with Crippen LogP contribution in [-0.4, -0.2) is 11.8 Å². The van der Waals surface area contributed by atoms with Gasteiger partial charge in [-0.1, -0.05) is 12.1 Å². The summed E-state index contributed by atoms with van der Waals surface area (Å²) in [5.41, 5.74) is 0.759. The SMILES string of the molecule is O=C(CCCCl)NCc1cccc(F)c1. The van der Waals surface area contributed by atoms with Crippen molar-refractivity contribution in [3.63, 3.8) is 0 Å². The highest BCUT2D eigenvalue weighted by molar-refractivity contribution is 6.17. The van der Waals surface area contributed by atoms with Crippen LogP contribution in [0.4, 0.5) is 4.39 Å². The van der Waals surface area contributed by atoms with Crippen molar-refractivity contribution in [2.24, 2.45) is 0 Å². The summed E-state index contributed by atoms with van der Waals surface area (Å²) in [5, 5.41) is 2.70. The van der Waals surface area contributed by atoms with E-state index in [-0.39, 0.29) is 11.7 Å². The van der Waals surface area contributed by atoms with Crippen LogP contribution in [0.2, 0.25) is 0 Å². The molecule has 1 amide bonds. The van der Waals surface area contributed by atoms with Crippen molar-refractivity contribution in [1.29, 1.82) is 0 Å². The highest BCUT2D eigenvalue weighted by Gasteiger charge is 2.00. The van der Waals surface area contributed by atoms with E-state index in [0.717, 1.165) is 5.56 Å². The molecule has 82 valence electrons. The van der Waals surface area contributed by atoms with Crippen LogP contribution < -0.4 is 5.32 Å². The summed E-state index contributed by atoms with van der Waals surface area (Å²) in [4.78, 5) is 11.2. The summed E-state index contributed by atoms with van der Waals surface area (Å²) in [6.45, 7) is 0.360. The highest BCUT2D eigenvalue weighted by atomic mass is 35.5. The molecule has 2 nitrogen and oxygen atoms in total. The molecule has 0 saturated carbocycles. The van der Waals surface area contributed by atoms with E-state index in [2.05, 4.69) is 5.32 Å². The molecule has 0 fully saturated rings. The van der Waals surface area contributed by atoms with Crippen LogP contribution in [0.3, 0.4) is 0 Å². The first-order chi connectivity index (χ1) is 7.22. The zero-order chi connectivity index (χ0) is 11.1. The maximum absolute atomic E-state index is 12.8. The Morgan fingerprint density at radius 1 is 1.47 bits per heavy atom. The van der Waals surface area contributed by atoms with Gasteiger partial charge in [-0.25, -0.2) is 4.39 Å². The molecular formula is C11H13ClFNO. The fourth-order valence-corrected chi connectivity index (χ4v) is 1.30. The fraction of sp³-hybridized carbons (Fsp3) is 0.364. The Morgan fingerprint density at radius 2 is 2.27 bits per heavy atom. The molecule has 0 aromatic heterocycles. The maximum Gasteiger partial charge on any atom is 0.220 e. The Kier molecular flexibility index (Phi) is 5.12. The van der Waals surface area contributed by atoms with Gasteiger partial charge in [-0.2, -0.15) is 0 Å². The van der Waals surface area contributed by atoms with E-state index >= 15 is 0 Å². The summed E-state index contributed by atoms with van der Waals surface area (Å²) < 4.78 is 12.8. The minimum Gasteiger partial charge on any atom is -0.352 e. The zero-order valence-electron chi connectivity index (χ0n) is 8.30. The molecule has 0 heterocycles. The molecule has 0 spiro atoms. The zero-order valence-corrected chi connectivity index (χ0v) is 9.06. The minimum absolute atomic E-state index is 0.0556. The number of halogens is 2. The van der Waals surface area contributed by atoms with Crippen LogP contribution in [0, 0.1) is 5.82 Å². The molecular weight excluding hydrogens is 217 g/mol. The van der Waals surface area contributed by atoms with Gasteiger partial charge in [0.1, 0.15) is 5.82 Å². The molecule has 0 aliphatic carbocycles. The van der Waals surface area contributed by atoms with Crippen molar-refractivity contribution in [3.05, 3.63) is 35.6 Å². The lowest BCUT2D eigenvalue weighted by molar-refractivity contribution is -0.121. The molecule has 4 heteroatoms. The van der Waals surface area contributed by atoms with Gasteiger partial charge >= 0.3 is 0 Å². The predicted octanol–water partition coefficient (Wildman–Crippen LogP) is 2.46. The summed E-state index contributed by atoms with van der Waals surface area (Å²) in [6.07, 6.45) is 1.08. The lowest BCUT2D eigenvalue weighted by Crippen LogP contribution is -2.22. The molecule has 1 N–H and O–H groups in total. The van der Waals surface area contributed by atoms with E-state index in [1.54, 1.807) is 12.1 Å². The number of amides is 1. The fourth-order valence-electron chi connectivity index (χ4n) is 1.16. The molecule has 0 atom stereocenters. The Labute approximate surface area is 93.4 Å². The summed E-state index contributed by atoms with van der Waals surface area (Å²) in [7, 11) is 0. The maximum atomic E-state index is 12.8. The average molecular weight is 230 g/mol. The quantitative estimate of drug-likeness (QED) is 0.773. The third-order valence-electron chi connectivity index (χ3n) is 1.92. The summed E-state index contributed by atoms with van der Waals surface area (Å²) >= 11 is 5.45. The first-order valence-corrected chi connectivity index (χ1v) is 5.33. The molecule has 0 aliphatic heterocycles. The first kappa shape index (κ1) is 12.0. The Balaban J connectivity index is 2.33. The van der Waals surface area contributed by atoms with E-state index in [1.807, 2.05) is 0 Å². The molecule has 1 aromatic rings. The van der Waals surface area contributed by atoms with E-state index < -0.39 is 0 Å². The number of nitrogens with one attached hydrogen (secondary N) is 1. The second-order valence-corrected chi connectivity index (χ2v) is 3.58. The van der Waals surface area contributed by atoms with Gasteiger partial charge in [-0.3, -0.25) is 4.79 Å². The van der Waals surface area contributed by atoms with Crippen molar-refractivity contribution < 1.29 is 9.18 Å². The van der Waals surface area contributed by atoms with E-state index in [4.69, 9.17) is 11.6 Å². The number of hydrogen-bond donors (Lipinski definition) is 1. The summed E-state index contributed by atoms with van der Waals surface area (Å²) in [5.74, 6) is 0.135. The molecule has 1 rings (SSSR count). The molecule has 0 bridgehead atoms. The standard InChI is InChI=1S/C11H13ClFNO/c12-6-2-5-11(15)14-8-9-3-1-4-10(13)7-9/h1,3-4,7H,2,5-6,8H2,(H,14,15). The minimum atomic E-state index is -0.289. The van der Waals surface area contributed by atoms with Gasteiger partial charge in [0.25, 0.3) is 0 Å². The van der Waals surface area contributed by atoms with Gasteiger partial charge in [-0.15, -0.1) is 11.6 Å². The van der Waals surface area contributed by atoms with Gasteiger partial charge in [0.2, 0.25) is 5.91 Å². The van der Waals surface area contributed by atoms with Crippen LogP contribution in [0.25, 0.3) is 0 Å². The normalized spacial score (nSPS) is 10.0. The number of carbonyl (C=O) groups excluding carboxylic acids is 1. The number of carbonyl (C=O) groups is 1. The first-order valence-electron chi connectivity index (χ1n) is 4.79. The smallest absolute Gasteiger partial charge is 0.220 e. The number of alkyl halides is 1. The van der Waals surface area contributed by atoms with Gasteiger partial charge in [0.05, 0.1) is 0 Å². The van der Waals surface area contributed by atoms with E-state index in [9.17, 15) is 9.18 Å². The van der Waals surface area contributed by atoms with Crippen molar-refractivity contribution in [3.8, 4) is 0 Å². The van der Waals surface area contributed by atoms with Gasteiger partial charge in [0.15, 0.2) is 0 Å². The summed E-state index contributed by atoms with van der Waals surface area (Å²) in [6, 6.07) is 6.17. The average Bonchev–Trinajstić information content (AvgIpc) is 2.23. The number of benzene rings is 1. The van der Waals surface area contributed by atoms with E-state index in [0.29, 0.717) is 25.3 Å². The molecule has 0 saturated heterocycles.